The van der Waals surface area contributed by atoms with E-state index in [0.717, 1.165) is 5.56 Å². The predicted octanol–water partition coefficient (Wildman–Crippen LogP) is 3.27. The minimum absolute atomic E-state index is 0.129. The molecule has 0 aliphatic heterocycles. The van der Waals surface area contributed by atoms with E-state index in [4.69, 9.17) is 37.8 Å². The highest BCUT2D eigenvalue weighted by Gasteiger charge is 2.11. The van der Waals surface area contributed by atoms with E-state index >= 15 is 0 Å². The van der Waals surface area contributed by atoms with Gasteiger partial charge in [0, 0.05) is 32.7 Å². The largest absolute Gasteiger partial charge is 0.490 e. The first-order chi connectivity index (χ1) is 11.1. The second-order valence-electron chi connectivity index (χ2n) is 4.86. The van der Waals surface area contributed by atoms with Crippen LogP contribution in [0.2, 0.25) is 10.0 Å². The first-order valence-electron chi connectivity index (χ1n) is 7.44. The van der Waals surface area contributed by atoms with Crippen molar-refractivity contribution in [3.63, 3.8) is 0 Å². The SMILES string of the molecule is COC(=O)CCc1cc(Cl)c(OCCCOCCCO)c(Cl)c1. The maximum absolute atomic E-state index is 11.2. The van der Waals surface area contributed by atoms with E-state index in [1.54, 1.807) is 12.1 Å². The molecule has 130 valence electrons. The van der Waals surface area contributed by atoms with Crippen LogP contribution in [0.1, 0.15) is 24.8 Å². The lowest BCUT2D eigenvalue weighted by Gasteiger charge is -2.12. The molecular weight excluding hydrogens is 343 g/mol. The van der Waals surface area contributed by atoms with Gasteiger partial charge in [-0.15, -0.1) is 0 Å². The van der Waals surface area contributed by atoms with Crippen molar-refractivity contribution in [1.82, 2.24) is 0 Å². The third-order valence-corrected chi connectivity index (χ3v) is 3.59. The molecule has 0 aliphatic rings. The number of methoxy groups -OCH3 is 1. The molecule has 1 rings (SSSR count). The van der Waals surface area contributed by atoms with Crippen LogP contribution >= 0.6 is 23.2 Å². The number of rotatable bonds is 11. The van der Waals surface area contributed by atoms with Gasteiger partial charge in [-0.1, -0.05) is 23.2 Å². The average Bonchev–Trinajstić information content (AvgIpc) is 2.53. The summed E-state index contributed by atoms with van der Waals surface area (Å²) in [5, 5.41) is 9.45. The van der Waals surface area contributed by atoms with Crippen molar-refractivity contribution in [2.75, 3.05) is 33.5 Å². The monoisotopic (exact) mass is 364 g/mol. The van der Waals surface area contributed by atoms with E-state index in [1.807, 2.05) is 0 Å². The maximum atomic E-state index is 11.2. The van der Waals surface area contributed by atoms with Crippen molar-refractivity contribution in [2.24, 2.45) is 0 Å². The topological polar surface area (TPSA) is 65.0 Å². The van der Waals surface area contributed by atoms with Crippen molar-refractivity contribution in [3.8, 4) is 5.75 Å². The van der Waals surface area contributed by atoms with Crippen LogP contribution in [-0.2, 0) is 20.7 Å². The van der Waals surface area contributed by atoms with Gasteiger partial charge in [-0.2, -0.15) is 0 Å². The summed E-state index contributed by atoms with van der Waals surface area (Å²) < 4.78 is 15.5. The van der Waals surface area contributed by atoms with Crippen molar-refractivity contribution < 1.29 is 24.1 Å². The molecule has 0 radical (unpaired) electrons. The molecule has 1 aromatic carbocycles. The van der Waals surface area contributed by atoms with E-state index in [1.165, 1.54) is 7.11 Å². The molecule has 0 heterocycles. The van der Waals surface area contributed by atoms with Crippen LogP contribution in [0, 0.1) is 0 Å². The Hall–Kier alpha value is -1.01. The molecule has 0 unspecified atom stereocenters. The first-order valence-corrected chi connectivity index (χ1v) is 8.20. The van der Waals surface area contributed by atoms with Gasteiger partial charge in [0.05, 0.1) is 23.8 Å². The Kier molecular flexibility index (Phi) is 10.0. The van der Waals surface area contributed by atoms with Gasteiger partial charge in [0.2, 0.25) is 0 Å². The van der Waals surface area contributed by atoms with Crippen LogP contribution in [-0.4, -0.2) is 44.6 Å². The first kappa shape index (κ1) is 20.0. The molecule has 0 aliphatic carbocycles. The minimum atomic E-state index is -0.279. The molecule has 1 aromatic rings. The average molecular weight is 365 g/mol. The van der Waals surface area contributed by atoms with Gasteiger partial charge in [0.1, 0.15) is 0 Å². The van der Waals surface area contributed by atoms with E-state index in [-0.39, 0.29) is 19.0 Å². The summed E-state index contributed by atoms with van der Waals surface area (Å²) in [5.74, 6) is 0.157. The zero-order valence-electron chi connectivity index (χ0n) is 13.1. The van der Waals surface area contributed by atoms with Gasteiger partial charge in [-0.3, -0.25) is 4.79 Å². The van der Waals surface area contributed by atoms with Gasteiger partial charge < -0.3 is 19.3 Å². The van der Waals surface area contributed by atoms with Crippen LogP contribution in [0.5, 0.6) is 5.75 Å². The second-order valence-corrected chi connectivity index (χ2v) is 5.67. The lowest BCUT2D eigenvalue weighted by Crippen LogP contribution is -2.06. The van der Waals surface area contributed by atoms with Crippen LogP contribution in [0.25, 0.3) is 0 Å². The van der Waals surface area contributed by atoms with Crippen molar-refractivity contribution in [3.05, 3.63) is 27.7 Å². The quantitative estimate of drug-likeness (QED) is 0.482. The summed E-state index contributed by atoms with van der Waals surface area (Å²) in [6.45, 7) is 1.64. The summed E-state index contributed by atoms with van der Waals surface area (Å²) in [7, 11) is 1.35. The molecule has 0 amide bonds. The highest BCUT2D eigenvalue weighted by Crippen LogP contribution is 2.34. The predicted molar refractivity (Wildman–Crippen MR) is 89.4 cm³/mol. The van der Waals surface area contributed by atoms with Crippen LogP contribution in [0.15, 0.2) is 12.1 Å². The summed E-state index contributed by atoms with van der Waals surface area (Å²) in [6, 6.07) is 3.48. The Labute approximate surface area is 146 Å². The molecule has 0 fully saturated rings. The molecular formula is C16H22Cl2O5. The standard InChI is InChI=1S/C16H22Cl2O5/c1-21-15(20)5-4-12-10-13(17)16(14(18)11-12)23-9-3-8-22-7-2-6-19/h10-11,19H,2-9H2,1H3. The number of aliphatic hydroxyl groups is 1. The fourth-order valence-corrected chi connectivity index (χ4v) is 2.49. The Morgan fingerprint density at radius 3 is 2.39 bits per heavy atom. The summed E-state index contributed by atoms with van der Waals surface area (Å²) in [4.78, 5) is 11.2. The summed E-state index contributed by atoms with van der Waals surface area (Å²) >= 11 is 12.4. The molecule has 7 heteroatoms. The van der Waals surface area contributed by atoms with Crippen LogP contribution in [0.4, 0.5) is 0 Å². The van der Waals surface area contributed by atoms with Crippen molar-refractivity contribution in [2.45, 2.75) is 25.7 Å². The molecule has 0 bridgehead atoms. The molecule has 0 saturated heterocycles. The number of esters is 1. The van der Waals surface area contributed by atoms with Gasteiger partial charge in [-0.05, 0) is 30.5 Å². The molecule has 1 N–H and O–H groups in total. The zero-order chi connectivity index (χ0) is 17.1. The van der Waals surface area contributed by atoms with Crippen molar-refractivity contribution in [1.29, 1.82) is 0 Å². The second kappa shape index (κ2) is 11.5. The number of aryl methyl sites for hydroxylation is 1. The Bertz CT molecular complexity index is 470. The third kappa shape index (κ3) is 7.88. The van der Waals surface area contributed by atoms with Gasteiger partial charge in [-0.25, -0.2) is 0 Å². The zero-order valence-corrected chi connectivity index (χ0v) is 14.7. The molecule has 0 aromatic heterocycles. The molecule has 5 nitrogen and oxygen atoms in total. The molecule has 0 spiro atoms. The lowest BCUT2D eigenvalue weighted by atomic mass is 10.1. The summed E-state index contributed by atoms with van der Waals surface area (Å²) in [5.41, 5.74) is 0.852. The Balaban J connectivity index is 2.42. The Morgan fingerprint density at radius 1 is 1.13 bits per heavy atom. The summed E-state index contributed by atoms with van der Waals surface area (Å²) in [6.07, 6.45) is 2.10. The fourth-order valence-electron chi connectivity index (χ4n) is 1.85. The van der Waals surface area contributed by atoms with E-state index in [2.05, 4.69) is 4.74 Å². The number of hydrogen-bond donors (Lipinski definition) is 1. The van der Waals surface area contributed by atoms with Gasteiger partial charge >= 0.3 is 5.97 Å². The van der Waals surface area contributed by atoms with Gasteiger partial charge in [0.15, 0.2) is 5.75 Å². The highest BCUT2D eigenvalue weighted by molar-refractivity contribution is 6.37. The van der Waals surface area contributed by atoms with Crippen LogP contribution < -0.4 is 4.74 Å². The number of benzene rings is 1. The minimum Gasteiger partial charge on any atom is -0.490 e. The third-order valence-electron chi connectivity index (χ3n) is 3.03. The maximum Gasteiger partial charge on any atom is 0.305 e. The number of carbonyl (C=O) groups excluding carboxylic acids is 1. The highest BCUT2D eigenvalue weighted by atomic mass is 35.5. The van der Waals surface area contributed by atoms with Gasteiger partial charge in [0.25, 0.3) is 0 Å². The number of hydrogen-bond acceptors (Lipinski definition) is 5. The molecule has 0 atom stereocenters. The molecule has 23 heavy (non-hydrogen) atoms. The molecule has 0 saturated carbocycles. The smallest absolute Gasteiger partial charge is 0.305 e. The number of aliphatic hydroxyl groups excluding tert-OH is 1. The van der Waals surface area contributed by atoms with E-state index < -0.39 is 0 Å². The lowest BCUT2D eigenvalue weighted by molar-refractivity contribution is -0.140. The van der Waals surface area contributed by atoms with Crippen LogP contribution in [0.3, 0.4) is 0 Å². The fraction of sp³-hybridized carbons (Fsp3) is 0.562. The number of ether oxygens (including phenoxy) is 3. The number of halogens is 2. The number of carbonyl (C=O) groups is 1. The normalized spacial score (nSPS) is 10.6. The van der Waals surface area contributed by atoms with Crippen molar-refractivity contribution >= 4 is 29.2 Å². The van der Waals surface area contributed by atoms with E-state index in [9.17, 15) is 4.79 Å². The van der Waals surface area contributed by atoms with E-state index in [0.29, 0.717) is 54.9 Å². The Morgan fingerprint density at radius 2 is 1.78 bits per heavy atom.